The molecule has 1 atom stereocenters. The molecule has 2 rings (SSSR count). The molecule has 0 amide bonds. The molecule has 1 heterocycles. The predicted molar refractivity (Wildman–Crippen MR) is 80.0 cm³/mol. The summed E-state index contributed by atoms with van der Waals surface area (Å²) in [5.74, 6) is 0. The highest BCUT2D eigenvalue weighted by Gasteiger charge is 2.11. The molecule has 0 spiro atoms. The summed E-state index contributed by atoms with van der Waals surface area (Å²) in [6.45, 7) is 6.00. The van der Waals surface area contributed by atoms with Crippen LogP contribution < -0.4 is 5.73 Å². The Hall–Kier alpha value is -1.32. The lowest BCUT2D eigenvalue weighted by Crippen LogP contribution is -2.21. The molecule has 2 N–H and O–H groups in total. The van der Waals surface area contributed by atoms with Crippen LogP contribution in [0.2, 0.25) is 5.02 Å². The SMILES string of the molecule is CCC(N)Cc1cccc(-n2nc(C)c(Cl)c2C)c1. The molecule has 0 bridgehead atoms. The van der Waals surface area contributed by atoms with E-state index < -0.39 is 0 Å². The lowest BCUT2D eigenvalue weighted by Gasteiger charge is -2.11. The fraction of sp³-hybridized carbons (Fsp3) is 0.400. The molecule has 4 heteroatoms. The van der Waals surface area contributed by atoms with Crippen LogP contribution >= 0.6 is 11.6 Å². The lowest BCUT2D eigenvalue weighted by atomic mass is 10.0. The van der Waals surface area contributed by atoms with Crippen molar-refractivity contribution in [3.8, 4) is 5.69 Å². The van der Waals surface area contributed by atoms with Gasteiger partial charge in [0.1, 0.15) is 0 Å². The van der Waals surface area contributed by atoms with Gasteiger partial charge in [0, 0.05) is 6.04 Å². The summed E-state index contributed by atoms with van der Waals surface area (Å²) < 4.78 is 1.89. The monoisotopic (exact) mass is 277 g/mol. The highest BCUT2D eigenvalue weighted by molar-refractivity contribution is 6.31. The molecule has 0 fully saturated rings. The molecule has 0 saturated carbocycles. The van der Waals surface area contributed by atoms with Crippen LogP contribution in [-0.2, 0) is 6.42 Å². The van der Waals surface area contributed by atoms with Gasteiger partial charge < -0.3 is 5.73 Å². The van der Waals surface area contributed by atoms with Crippen LogP contribution in [0.4, 0.5) is 0 Å². The van der Waals surface area contributed by atoms with Crippen molar-refractivity contribution in [3.05, 3.63) is 46.2 Å². The van der Waals surface area contributed by atoms with E-state index in [-0.39, 0.29) is 6.04 Å². The van der Waals surface area contributed by atoms with Gasteiger partial charge in [0.15, 0.2) is 0 Å². The molecule has 1 unspecified atom stereocenters. The first-order valence-corrected chi connectivity index (χ1v) is 6.97. The summed E-state index contributed by atoms with van der Waals surface area (Å²) in [7, 11) is 0. The number of rotatable bonds is 4. The second-order valence-electron chi connectivity index (χ2n) is 4.94. The van der Waals surface area contributed by atoms with Gasteiger partial charge >= 0.3 is 0 Å². The zero-order valence-corrected chi connectivity index (χ0v) is 12.4. The van der Waals surface area contributed by atoms with E-state index in [1.807, 2.05) is 30.7 Å². The van der Waals surface area contributed by atoms with Crippen molar-refractivity contribution in [1.29, 1.82) is 0 Å². The molecule has 2 aromatic rings. The lowest BCUT2D eigenvalue weighted by molar-refractivity contribution is 0.646. The zero-order chi connectivity index (χ0) is 14.0. The van der Waals surface area contributed by atoms with E-state index in [4.69, 9.17) is 17.3 Å². The van der Waals surface area contributed by atoms with Crippen molar-refractivity contribution in [3.63, 3.8) is 0 Å². The van der Waals surface area contributed by atoms with Gasteiger partial charge in [-0.15, -0.1) is 0 Å². The minimum atomic E-state index is 0.208. The number of nitrogens with zero attached hydrogens (tertiary/aromatic N) is 2. The molecule has 0 radical (unpaired) electrons. The molecule has 19 heavy (non-hydrogen) atoms. The summed E-state index contributed by atoms with van der Waals surface area (Å²) in [6, 6.07) is 8.52. The first-order valence-electron chi connectivity index (χ1n) is 6.59. The summed E-state index contributed by atoms with van der Waals surface area (Å²) in [4.78, 5) is 0. The molecular weight excluding hydrogens is 258 g/mol. The Morgan fingerprint density at radius 2 is 2.11 bits per heavy atom. The number of hydrogen-bond donors (Lipinski definition) is 1. The molecule has 1 aromatic carbocycles. The zero-order valence-electron chi connectivity index (χ0n) is 11.7. The molecule has 0 aliphatic carbocycles. The Balaban J connectivity index is 2.35. The maximum Gasteiger partial charge on any atom is 0.0848 e. The fourth-order valence-electron chi connectivity index (χ4n) is 2.14. The van der Waals surface area contributed by atoms with Gasteiger partial charge in [-0.2, -0.15) is 5.10 Å². The third-order valence-electron chi connectivity index (χ3n) is 3.38. The first kappa shape index (κ1) is 14.1. The van der Waals surface area contributed by atoms with Crippen molar-refractivity contribution in [1.82, 2.24) is 9.78 Å². The average Bonchev–Trinajstić information content (AvgIpc) is 2.67. The summed E-state index contributed by atoms with van der Waals surface area (Å²) >= 11 is 6.19. The van der Waals surface area contributed by atoms with Crippen molar-refractivity contribution in [2.75, 3.05) is 0 Å². The first-order chi connectivity index (χ1) is 9.02. The topological polar surface area (TPSA) is 43.8 Å². The largest absolute Gasteiger partial charge is 0.327 e. The van der Waals surface area contributed by atoms with Gasteiger partial charge in [-0.1, -0.05) is 30.7 Å². The summed E-state index contributed by atoms with van der Waals surface area (Å²) in [5.41, 5.74) is 10.1. The summed E-state index contributed by atoms with van der Waals surface area (Å²) in [6.07, 6.45) is 1.87. The fourth-order valence-corrected chi connectivity index (χ4v) is 2.26. The van der Waals surface area contributed by atoms with Crippen LogP contribution in [0.3, 0.4) is 0 Å². The quantitative estimate of drug-likeness (QED) is 0.931. The number of benzene rings is 1. The second-order valence-corrected chi connectivity index (χ2v) is 5.32. The smallest absolute Gasteiger partial charge is 0.0848 e. The van der Waals surface area contributed by atoms with E-state index in [1.165, 1.54) is 5.56 Å². The van der Waals surface area contributed by atoms with Gasteiger partial charge in [-0.05, 0) is 44.4 Å². The van der Waals surface area contributed by atoms with Crippen LogP contribution in [0, 0.1) is 13.8 Å². The Kier molecular flexibility index (Phi) is 4.27. The van der Waals surface area contributed by atoms with E-state index in [0.29, 0.717) is 0 Å². The minimum Gasteiger partial charge on any atom is -0.327 e. The third-order valence-corrected chi connectivity index (χ3v) is 3.93. The van der Waals surface area contributed by atoms with Gasteiger partial charge in [0.05, 0.1) is 22.1 Å². The van der Waals surface area contributed by atoms with Crippen LogP contribution in [-0.4, -0.2) is 15.8 Å². The van der Waals surface area contributed by atoms with Crippen LogP contribution in [0.5, 0.6) is 0 Å². The maximum absolute atomic E-state index is 6.19. The predicted octanol–water partition coefficient (Wildman–Crippen LogP) is 3.42. The summed E-state index contributed by atoms with van der Waals surface area (Å²) in [5, 5.41) is 5.21. The van der Waals surface area contributed by atoms with Crippen molar-refractivity contribution >= 4 is 11.6 Å². The van der Waals surface area contributed by atoms with Gasteiger partial charge in [-0.25, -0.2) is 4.68 Å². The molecule has 1 aromatic heterocycles. The van der Waals surface area contributed by atoms with Crippen LogP contribution in [0.25, 0.3) is 5.69 Å². The molecular formula is C15H20ClN3. The Bertz CT molecular complexity index is 575. The van der Waals surface area contributed by atoms with E-state index in [2.05, 4.69) is 24.2 Å². The maximum atomic E-state index is 6.19. The standard InChI is InChI=1S/C15H20ClN3/c1-4-13(17)8-12-6-5-7-14(9-12)19-11(3)15(16)10(2)18-19/h5-7,9,13H,4,8,17H2,1-3H3. The number of nitrogens with two attached hydrogens (primary N) is 1. The Morgan fingerprint density at radius 3 is 2.68 bits per heavy atom. The van der Waals surface area contributed by atoms with Crippen molar-refractivity contribution < 1.29 is 0 Å². The normalized spacial score (nSPS) is 12.7. The molecule has 102 valence electrons. The van der Waals surface area contributed by atoms with Gasteiger partial charge in [0.25, 0.3) is 0 Å². The number of hydrogen-bond acceptors (Lipinski definition) is 2. The number of halogens is 1. The van der Waals surface area contributed by atoms with E-state index in [1.54, 1.807) is 0 Å². The Labute approximate surface area is 119 Å². The third kappa shape index (κ3) is 2.99. The van der Waals surface area contributed by atoms with Crippen molar-refractivity contribution in [2.24, 2.45) is 5.73 Å². The number of aromatic nitrogens is 2. The highest BCUT2D eigenvalue weighted by atomic mass is 35.5. The van der Waals surface area contributed by atoms with E-state index in [9.17, 15) is 0 Å². The molecule has 0 aliphatic rings. The van der Waals surface area contributed by atoms with Crippen molar-refractivity contribution in [2.45, 2.75) is 39.7 Å². The number of aryl methyl sites for hydroxylation is 1. The second kappa shape index (κ2) is 5.76. The van der Waals surface area contributed by atoms with Crippen LogP contribution in [0.15, 0.2) is 24.3 Å². The average molecular weight is 278 g/mol. The molecule has 0 saturated heterocycles. The highest BCUT2D eigenvalue weighted by Crippen LogP contribution is 2.23. The minimum absolute atomic E-state index is 0.208. The van der Waals surface area contributed by atoms with Crippen LogP contribution in [0.1, 0.15) is 30.3 Å². The Morgan fingerprint density at radius 1 is 1.37 bits per heavy atom. The van der Waals surface area contributed by atoms with Gasteiger partial charge in [0.2, 0.25) is 0 Å². The van der Waals surface area contributed by atoms with Gasteiger partial charge in [-0.3, -0.25) is 0 Å². The van der Waals surface area contributed by atoms with E-state index in [0.717, 1.165) is 34.9 Å². The van der Waals surface area contributed by atoms with E-state index >= 15 is 0 Å². The molecule has 0 aliphatic heterocycles. The molecule has 3 nitrogen and oxygen atoms in total.